The molecule has 6 heteroatoms. The van der Waals surface area contributed by atoms with Crippen LogP contribution in [0.2, 0.25) is 0 Å². The van der Waals surface area contributed by atoms with Gasteiger partial charge in [-0.15, -0.1) is 0 Å². The third-order valence-electron chi connectivity index (χ3n) is 11.4. The van der Waals surface area contributed by atoms with Crippen molar-refractivity contribution in [2.45, 2.75) is 270 Å². The standard InChI is InChI=1S/C52H97NO5/c1-3-5-7-9-11-13-15-17-19-20-22-24-26-30-34-38-42-46-52(57)58-47-43-39-35-31-27-29-33-37-41-45-51(56)53-49(48-54)50(55)44-40-36-32-28-25-23-21-18-16-14-12-10-8-6-4-2/h11,13,17,19,29,33,49-50,54-55H,3-10,12,14-16,18,20-28,30-32,34-48H2,1-2H3,(H,53,56)/b13-11-,19-17-,33-29-. The predicted octanol–water partition coefficient (Wildman–Crippen LogP) is 14.9. The van der Waals surface area contributed by atoms with Crippen LogP contribution in [0.25, 0.3) is 0 Å². The second-order valence-electron chi connectivity index (χ2n) is 17.1. The minimum absolute atomic E-state index is 0.0438. The Kier molecular flexibility index (Phi) is 46.2. The highest BCUT2D eigenvalue weighted by Gasteiger charge is 2.20. The van der Waals surface area contributed by atoms with Gasteiger partial charge in [0.15, 0.2) is 0 Å². The summed E-state index contributed by atoms with van der Waals surface area (Å²) < 4.78 is 5.44. The molecule has 0 aromatic rings. The lowest BCUT2D eigenvalue weighted by Gasteiger charge is -2.22. The Morgan fingerprint density at radius 1 is 0.483 bits per heavy atom. The summed E-state index contributed by atoms with van der Waals surface area (Å²) >= 11 is 0. The van der Waals surface area contributed by atoms with Crippen LogP contribution in [-0.4, -0.2) is 47.4 Å². The van der Waals surface area contributed by atoms with E-state index in [0.29, 0.717) is 25.9 Å². The van der Waals surface area contributed by atoms with Gasteiger partial charge in [0.2, 0.25) is 5.91 Å². The summed E-state index contributed by atoms with van der Waals surface area (Å²) in [5, 5.41) is 23.2. The number of carbonyl (C=O) groups is 2. The smallest absolute Gasteiger partial charge is 0.305 e. The lowest BCUT2D eigenvalue weighted by atomic mass is 10.0. The molecule has 0 aromatic carbocycles. The van der Waals surface area contributed by atoms with Gasteiger partial charge in [-0.2, -0.15) is 0 Å². The third kappa shape index (κ3) is 43.7. The van der Waals surface area contributed by atoms with Crippen LogP contribution in [-0.2, 0) is 14.3 Å². The SMILES string of the molecule is CCCCC/C=C\C/C=C\CCCCCCCCCC(=O)OCCCCCC/C=C\CCCC(=O)NC(CO)C(O)CCCCCCCCCCCCCCCCC. The number of aliphatic hydroxyl groups excluding tert-OH is 2. The van der Waals surface area contributed by atoms with Crippen molar-refractivity contribution in [2.75, 3.05) is 13.2 Å². The molecule has 0 saturated heterocycles. The molecule has 0 heterocycles. The highest BCUT2D eigenvalue weighted by molar-refractivity contribution is 5.76. The second-order valence-corrected chi connectivity index (χ2v) is 17.1. The monoisotopic (exact) mass is 816 g/mol. The zero-order chi connectivity index (χ0) is 42.3. The number of rotatable bonds is 46. The average molecular weight is 816 g/mol. The Morgan fingerprint density at radius 3 is 1.40 bits per heavy atom. The first kappa shape index (κ1) is 56.1. The second kappa shape index (κ2) is 47.8. The summed E-state index contributed by atoms with van der Waals surface area (Å²) in [6.07, 6.45) is 56.8. The van der Waals surface area contributed by atoms with E-state index < -0.39 is 12.1 Å². The number of carbonyl (C=O) groups excluding carboxylic acids is 2. The molecule has 0 aliphatic heterocycles. The molecule has 2 atom stereocenters. The van der Waals surface area contributed by atoms with Crippen molar-refractivity contribution in [3.05, 3.63) is 36.5 Å². The van der Waals surface area contributed by atoms with Gasteiger partial charge in [0, 0.05) is 12.8 Å². The molecule has 58 heavy (non-hydrogen) atoms. The molecule has 3 N–H and O–H groups in total. The number of hydrogen-bond acceptors (Lipinski definition) is 5. The lowest BCUT2D eigenvalue weighted by Crippen LogP contribution is -2.45. The summed E-state index contributed by atoms with van der Waals surface area (Å²) in [7, 11) is 0. The summed E-state index contributed by atoms with van der Waals surface area (Å²) in [6.45, 7) is 4.83. The molecule has 0 aliphatic rings. The van der Waals surface area contributed by atoms with Crippen LogP contribution in [0.1, 0.15) is 258 Å². The highest BCUT2D eigenvalue weighted by Crippen LogP contribution is 2.16. The van der Waals surface area contributed by atoms with Crippen molar-refractivity contribution in [1.29, 1.82) is 0 Å². The van der Waals surface area contributed by atoms with E-state index in [9.17, 15) is 19.8 Å². The zero-order valence-electron chi connectivity index (χ0n) is 38.5. The van der Waals surface area contributed by atoms with E-state index in [1.165, 1.54) is 148 Å². The van der Waals surface area contributed by atoms with Gasteiger partial charge in [-0.1, -0.05) is 204 Å². The number of esters is 1. The molecular formula is C52H97NO5. The zero-order valence-corrected chi connectivity index (χ0v) is 38.5. The average Bonchev–Trinajstić information content (AvgIpc) is 3.22. The predicted molar refractivity (Wildman–Crippen MR) is 250 cm³/mol. The van der Waals surface area contributed by atoms with Gasteiger partial charge in [-0.3, -0.25) is 9.59 Å². The van der Waals surface area contributed by atoms with Crippen LogP contribution in [0.15, 0.2) is 36.5 Å². The summed E-state index contributed by atoms with van der Waals surface area (Å²) in [4.78, 5) is 24.5. The molecule has 0 radical (unpaired) electrons. The van der Waals surface area contributed by atoms with Crippen molar-refractivity contribution < 1.29 is 24.5 Å². The maximum atomic E-state index is 12.4. The van der Waals surface area contributed by atoms with Gasteiger partial charge >= 0.3 is 5.97 Å². The first-order chi connectivity index (χ1) is 28.5. The van der Waals surface area contributed by atoms with Gasteiger partial charge in [0.05, 0.1) is 25.4 Å². The normalized spacial score (nSPS) is 13.0. The van der Waals surface area contributed by atoms with E-state index in [0.717, 1.165) is 77.0 Å². The molecule has 0 bridgehead atoms. The van der Waals surface area contributed by atoms with Crippen LogP contribution in [0, 0.1) is 0 Å². The first-order valence-electron chi connectivity index (χ1n) is 25.2. The molecule has 6 nitrogen and oxygen atoms in total. The fourth-order valence-electron chi connectivity index (χ4n) is 7.49. The molecule has 0 aliphatic carbocycles. The number of ether oxygens (including phenoxy) is 1. The Morgan fingerprint density at radius 2 is 0.879 bits per heavy atom. The van der Waals surface area contributed by atoms with Gasteiger partial charge < -0.3 is 20.3 Å². The van der Waals surface area contributed by atoms with Crippen LogP contribution < -0.4 is 5.32 Å². The van der Waals surface area contributed by atoms with Crippen molar-refractivity contribution in [3.8, 4) is 0 Å². The lowest BCUT2D eigenvalue weighted by molar-refractivity contribution is -0.143. The maximum absolute atomic E-state index is 12.4. The van der Waals surface area contributed by atoms with Crippen LogP contribution in [0.3, 0.4) is 0 Å². The fourth-order valence-corrected chi connectivity index (χ4v) is 7.49. The quantitative estimate of drug-likeness (QED) is 0.0323. The molecule has 0 fully saturated rings. The Bertz CT molecular complexity index is 946. The minimum Gasteiger partial charge on any atom is -0.466 e. The topological polar surface area (TPSA) is 95.9 Å². The molecule has 1 amide bonds. The van der Waals surface area contributed by atoms with E-state index in [1.807, 2.05) is 0 Å². The van der Waals surface area contributed by atoms with Crippen molar-refractivity contribution in [3.63, 3.8) is 0 Å². The summed E-state index contributed by atoms with van der Waals surface area (Å²) in [5.41, 5.74) is 0. The Hall–Kier alpha value is -1.92. The van der Waals surface area contributed by atoms with E-state index in [-0.39, 0.29) is 18.5 Å². The van der Waals surface area contributed by atoms with Gasteiger partial charge in [0.1, 0.15) is 0 Å². The number of hydrogen-bond donors (Lipinski definition) is 3. The summed E-state index contributed by atoms with van der Waals surface area (Å²) in [5.74, 6) is -0.140. The van der Waals surface area contributed by atoms with Crippen LogP contribution in [0.4, 0.5) is 0 Å². The Balaban J connectivity index is 3.55. The minimum atomic E-state index is -0.696. The number of unbranched alkanes of at least 4 members (excludes halogenated alkanes) is 29. The summed E-state index contributed by atoms with van der Waals surface area (Å²) in [6, 6.07) is -0.580. The number of amides is 1. The van der Waals surface area contributed by atoms with Crippen LogP contribution >= 0.6 is 0 Å². The maximum Gasteiger partial charge on any atom is 0.305 e. The number of nitrogens with one attached hydrogen (secondary N) is 1. The molecule has 2 unspecified atom stereocenters. The highest BCUT2D eigenvalue weighted by atomic mass is 16.5. The molecule has 0 spiro atoms. The van der Waals surface area contributed by atoms with E-state index in [4.69, 9.17) is 4.74 Å². The van der Waals surface area contributed by atoms with Gasteiger partial charge in [-0.25, -0.2) is 0 Å². The Labute approximate surface area is 360 Å². The molecular weight excluding hydrogens is 719 g/mol. The first-order valence-corrected chi connectivity index (χ1v) is 25.2. The van der Waals surface area contributed by atoms with Gasteiger partial charge in [0.25, 0.3) is 0 Å². The van der Waals surface area contributed by atoms with E-state index >= 15 is 0 Å². The largest absolute Gasteiger partial charge is 0.466 e. The number of allylic oxidation sites excluding steroid dienone is 6. The fraction of sp³-hybridized carbons (Fsp3) is 0.846. The van der Waals surface area contributed by atoms with E-state index in [2.05, 4.69) is 55.6 Å². The molecule has 0 rings (SSSR count). The van der Waals surface area contributed by atoms with Crippen molar-refractivity contribution in [1.82, 2.24) is 5.32 Å². The third-order valence-corrected chi connectivity index (χ3v) is 11.4. The number of aliphatic hydroxyl groups is 2. The molecule has 0 saturated carbocycles. The van der Waals surface area contributed by atoms with E-state index in [1.54, 1.807) is 0 Å². The molecule has 0 aromatic heterocycles. The van der Waals surface area contributed by atoms with Crippen molar-refractivity contribution >= 4 is 11.9 Å². The van der Waals surface area contributed by atoms with Gasteiger partial charge in [-0.05, 0) is 77.0 Å². The van der Waals surface area contributed by atoms with Crippen LogP contribution in [0.5, 0.6) is 0 Å². The van der Waals surface area contributed by atoms with Crippen molar-refractivity contribution in [2.24, 2.45) is 0 Å². The molecule has 340 valence electrons.